The molecular formula is C60H87N2O+. The average molecular weight is 852 g/mol. The number of rotatable bonds is 19. The van der Waals surface area contributed by atoms with Crippen LogP contribution in [0, 0.1) is 32.6 Å². The van der Waals surface area contributed by atoms with Crippen molar-refractivity contribution in [2.75, 3.05) is 13.1 Å². The van der Waals surface area contributed by atoms with Crippen molar-refractivity contribution in [1.82, 2.24) is 5.32 Å². The van der Waals surface area contributed by atoms with Gasteiger partial charge in [0.2, 0.25) is 5.91 Å². The van der Waals surface area contributed by atoms with Gasteiger partial charge in [-0.2, -0.15) is 0 Å². The third kappa shape index (κ3) is 17.8. The number of aryl methyl sites for hydroxylation is 2. The topological polar surface area (TPSA) is 56.7 Å². The monoisotopic (exact) mass is 852 g/mol. The van der Waals surface area contributed by atoms with Crippen molar-refractivity contribution in [3.63, 3.8) is 0 Å². The molecule has 0 unspecified atom stereocenters. The van der Waals surface area contributed by atoms with Crippen LogP contribution in [0.3, 0.4) is 0 Å². The summed E-state index contributed by atoms with van der Waals surface area (Å²) < 4.78 is 0. The molecule has 3 heteroatoms. The molecule has 1 aliphatic carbocycles. The highest BCUT2D eigenvalue weighted by atomic mass is 16.1. The van der Waals surface area contributed by atoms with E-state index in [-0.39, 0.29) is 16.7 Å². The van der Waals surface area contributed by atoms with Crippen LogP contribution in [0.5, 0.6) is 0 Å². The van der Waals surface area contributed by atoms with Gasteiger partial charge in [0.05, 0.1) is 6.54 Å². The molecule has 4 aromatic rings. The Balaban J connectivity index is 0.000000524. The minimum Gasteiger partial charge on any atom is -0.358 e. The smallest absolute Gasteiger partial charge is 0.219 e. The van der Waals surface area contributed by atoms with E-state index in [1.165, 1.54) is 105 Å². The van der Waals surface area contributed by atoms with E-state index in [1.807, 2.05) is 13.8 Å². The Bertz CT molecular complexity index is 2120. The zero-order valence-corrected chi connectivity index (χ0v) is 41.8. The standard InChI is InChI=1S/C41H46.C15H32N2O.C2H6.C2H2/c1-29-21-25-34-17-8-10-19-36(34)38(29)40(4,5)27-13-16-32-14-12-15-33(28-32)24-23-31(3)41(6,7)39-30(2)22-26-35-18-9-11-20-37(35)39;1-14(2)10-6-5-7-11-15(18)17-13-9-4-3-8-12-16;2*1-2/h8-11,13,16-26,28H,12,14-15,27H2,1-7H3;14H,3-13,16H2,1-2H3,(H,17,18);1-2H3;1-2H/p+1/b16-13+,31-23-,33-24+;;;. The van der Waals surface area contributed by atoms with Crippen LogP contribution < -0.4 is 11.1 Å². The molecule has 0 saturated carbocycles. The first-order valence-electron chi connectivity index (χ1n) is 24.4. The number of nitrogens with one attached hydrogen (secondary N) is 1. The maximum Gasteiger partial charge on any atom is 0.219 e. The van der Waals surface area contributed by atoms with Gasteiger partial charge in [-0.05, 0) is 138 Å². The highest BCUT2D eigenvalue weighted by molar-refractivity contribution is 5.89. The fraction of sp³-hybridized carbons (Fsp3) is 0.483. The fourth-order valence-corrected chi connectivity index (χ4v) is 8.86. The summed E-state index contributed by atoms with van der Waals surface area (Å²) >= 11 is 0. The average Bonchev–Trinajstić information content (AvgIpc) is 3.27. The minimum atomic E-state index is -0.0472. The van der Waals surface area contributed by atoms with Crippen molar-refractivity contribution in [3.05, 3.63) is 142 Å². The van der Waals surface area contributed by atoms with Crippen LogP contribution in [-0.4, -0.2) is 19.0 Å². The summed E-state index contributed by atoms with van der Waals surface area (Å²) in [5.41, 5.74) is 13.8. The van der Waals surface area contributed by atoms with E-state index in [0.717, 1.165) is 51.1 Å². The molecule has 0 heterocycles. The van der Waals surface area contributed by atoms with E-state index in [4.69, 9.17) is 0 Å². The molecule has 0 aromatic heterocycles. The Labute approximate surface area is 386 Å². The summed E-state index contributed by atoms with van der Waals surface area (Å²) in [6.45, 7) is 26.7. The molecule has 4 N–H and O–H groups in total. The summed E-state index contributed by atoms with van der Waals surface area (Å²) in [6, 6.07) is 26.7. The van der Waals surface area contributed by atoms with Crippen molar-refractivity contribution < 1.29 is 10.5 Å². The van der Waals surface area contributed by atoms with Crippen LogP contribution >= 0.6 is 0 Å². The van der Waals surface area contributed by atoms with Crippen LogP contribution in [0.1, 0.15) is 168 Å². The number of fused-ring (bicyclic) bond motifs is 2. The molecule has 0 radical (unpaired) electrons. The number of benzene rings is 4. The molecule has 5 rings (SSSR count). The first-order chi connectivity index (χ1) is 30.2. The molecule has 3 nitrogen and oxygen atoms in total. The summed E-state index contributed by atoms with van der Waals surface area (Å²) in [4.78, 5) is 11.5. The van der Waals surface area contributed by atoms with Crippen molar-refractivity contribution in [2.24, 2.45) is 5.92 Å². The molecule has 1 amide bonds. The second-order valence-electron chi connectivity index (χ2n) is 18.8. The van der Waals surface area contributed by atoms with E-state index >= 15 is 0 Å². The van der Waals surface area contributed by atoms with E-state index in [9.17, 15) is 4.79 Å². The zero-order chi connectivity index (χ0) is 46.8. The summed E-state index contributed by atoms with van der Waals surface area (Å²) in [5.74, 6) is 1.02. The molecule has 0 saturated heterocycles. The number of carbonyl (C=O) groups excluding carboxylic acids is 1. The van der Waals surface area contributed by atoms with Crippen LogP contribution in [-0.2, 0) is 15.6 Å². The maximum atomic E-state index is 11.5. The van der Waals surface area contributed by atoms with Gasteiger partial charge in [-0.25, -0.2) is 0 Å². The van der Waals surface area contributed by atoms with E-state index in [0.29, 0.717) is 6.42 Å². The number of terminal acetylenes is 1. The Morgan fingerprint density at radius 1 is 0.762 bits per heavy atom. The minimum absolute atomic E-state index is 0.0472. The van der Waals surface area contributed by atoms with Gasteiger partial charge in [0.1, 0.15) is 0 Å². The highest BCUT2D eigenvalue weighted by Crippen LogP contribution is 2.39. The lowest BCUT2D eigenvalue weighted by atomic mass is 9.74. The quantitative estimate of drug-likeness (QED) is 0.0716. The lowest BCUT2D eigenvalue weighted by Crippen LogP contribution is -2.50. The first kappa shape index (κ1) is 54.5. The van der Waals surface area contributed by atoms with Crippen LogP contribution in [0.2, 0.25) is 0 Å². The molecule has 0 bridgehead atoms. The van der Waals surface area contributed by atoms with Crippen LogP contribution in [0.25, 0.3) is 21.5 Å². The predicted octanol–water partition coefficient (Wildman–Crippen LogP) is 15.6. The Kier molecular flexibility index (Phi) is 25.0. The lowest BCUT2D eigenvalue weighted by molar-refractivity contribution is -0.368. The van der Waals surface area contributed by atoms with Gasteiger partial charge < -0.3 is 11.1 Å². The number of unbranched alkanes of at least 4 members (excludes halogenated alkanes) is 5. The number of amides is 1. The molecule has 0 fully saturated rings. The van der Waals surface area contributed by atoms with Gasteiger partial charge in [0.15, 0.2) is 0 Å². The molecule has 4 aromatic carbocycles. The number of hydrogen-bond acceptors (Lipinski definition) is 1. The third-order valence-electron chi connectivity index (χ3n) is 12.6. The zero-order valence-electron chi connectivity index (χ0n) is 41.8. The molecule has 0 aliphatic heterocycles. The Hall–Kier alpha value is -4.65. The SMILES string of the molecule is C#C.C/C(=C/C=C1C=C(/C=C/CC(C)(C)c2c(C)ccc3ccccc23)CCC/1)C(C)(C)c1c(C)ccc2ccccc12.CC.CC(C)CCCCCC(=O)NCCCCCC[NH3+]. The van der Waals surface area contributed by atoms with Gasteiger partial charge in [-0.3, -0.25) is 4.79 Å². The number of allylic oxidation sites excluding steroid dienone is 8. The van der Waals surface area contributed by atoms with Crippen molar-refractivity contribution in [1.29, 1.82) is 0 Å². The molecule has 1 aliphatic rings. The van der Waals surface area contributed by atoms with Gasteiger partial charge in [0.25, 0.3) is 0 Å². The van der Waals surface area contributed by atoms with Crippen molar-refractivity contribution in [2.45, 2.75) is 170 Å². The number of carbonyl (C=O) groups is 1. The first-order valence-corrected chi connectivity index (χ1v) is 24.4. The maximum absolute atomic E-state index is 11.5. The molecule has 0 spiro atoms. The van der Waals surface area contributed by atoms with Gasteiger partial charge in [-0.1, -0.05) is 190 Å². The van der Waals surface area contributed by atoms with Gasteiger partial charge >= 0.3 is 0 Å². The van der Waals surface area contributed by atoms with E-state index < -0.39 is 0 Å². The Morgan fingerprint density at radius 2 is 1.33 bits per heavy atom. The molecule has 0 atom stereocenters. The predicted molar refractivity (Wildman–Crippen MR) is 279 cm³/mol. The molecule has 342 valence electrons. The van der Waals surface area contributed by atoms with Gasteiger partial charge in [-0.15, -0.1) is 12.8 Å². The number of quaternary nitrogens is 1. The fourth-order valence-electron chi connectivity index (χ4n) is 8.86. The van der Waals surface area contributed by atoms with Gasteiger partial charge in [0, 0.05) is 18.4 Å². The van der Waals surface area contributed by atoms with Crippen molar-refractivity contribution >= 4 is 27.5 Å². The second kappa shape index (κ2) is 28.9. The van der Waals surface area contributed by atoms with Crippen LogP contribution in [0.4, 0.5) is 0 Å². The highest BCUT2D eigenvalue weighted by Gasteiger charge is 2.27. The van der Waals surface area contributed by atoms with Crippen molar-refractivity contribution in [3.8, 4) is 12.8 Å². The summed E-state index contributed by atoms with van der Waals surface area (Å²) in [5, 5.41) is 8.40. The normalized spacial score (nSPS) is 13.8. The molecule has 63 heavy (non-hydrogen) atoms. The third-order valence-corrected chi connectivity index (χ3v) is 12.6. The van der Waals surface area contributed by atoms with Crippen LogP contribution in [0.15, 0.2) is 120 Å². The summed E-state index contributed by atoms with van der Waals surface area (Å²) in [6.07, 6.45) is 34.8. The largest absolute Gasteiger partial charge is 0.358 e. The van der Waals surface area contributed by atoms with E-state index in [1.54, 1.807) is 0 Å². The number of hydrogen-bond donors (Lipinski definition) is 2. The van der Waals surface area contributed by atoms with E-state index in [2.05, 4.69) is 189 Å². The lowest BCUT2D eigenvalue weighted by Gasteiger charge is -2.30. The molecular weight excluding hydrogens is 765 g/mol. The second-order valence-corrected chi connectivity index (χ2v) is 18.8. The summed E-state index contributed by atoms with van der Waals surface area (Å²) in [7, 11) is 0. The Morgan fingerprint density at radius 3 is 1.95 bits per heavy atom.